The Labute approximate surface area is 94.7 Å². The van der Waals surface area contributed by atoms with Crippen LogP contribution in [-0.4, -0.2) is 43.5 Å². The topological polar surface area (TPSA) is 83.0 Å². The van der Waals surface area contributed by atoms with E-state index in [0.717, 1.165) is 16.7 Å². The predicted molar refractivity (Wildman–Crippen MR) is 62.2 cm³/mol. The van der Waals surface area contributed by atoms with E-state index in [0.29, 0.717) is 11.7 Å². The van der Waals surface area contributed by atoms with Crippen molar-refractivity contribution in [2.75, 3.05) is 23.4 Å². The van der Waals surface area contributed by atoms with Crippen LogP contribution in [0.3, 0.4) is 0 Å². The van der Waals surface area contributed by atoms with Crippen molar-refractivity contribution >= 4 is 39.8 Å². The molecule has 8 heteroatoms. The standard InChI is InChI=1S/C7H9N5OS2/c13-5(11-6-9-4-10-12-6)3-15-7-8-1-2-14-7/h4H,1-3H2,(H2,9,10,11,12,13). The molecule has 2 rings (SSSR count). The molecular weight excluding hydrogens is 234 g/mol. The molecule has 6 nitrogen and oxygen atoms in total. The average molecular weight is 243 g/mol. The van der Waals surface area contributed by atoms with Crippen molar-refractivity contribution in [1.82, 2.24) is 15.2 Å². The zero-order valence-electron chi connectivity index (χ0n) is 7.77. The number of nitrogens with one attached hydrogen (secondary N) is 2. The zero-order valence-corrected chi connectivity index (χ0v) is 9.40. The number of H-pyrrole nitrogens is 1. The third-order valence-corrected chi connectivity index (χ3v) is 3.81. The van der Waals surface area contributed by atoms with Crippen molar-refractivity contribution in [3.05, 3.63) is 6.33 Å². The van der Waals surface area contributed by atoms with E-state index in [1.165, 1.54) is 18.1 Å². The summed E-state index contributed by atoms with van der Waals surface area (Å²) in [4.78, 5) is 19.4. The Morgan fingerprint density at radius 3 is 3.33 bits per heavy atom. The molecule has 0 aromatic carbocycles. The van der Waals surface area contributed by atoms with Crippen molar-refractivity contribution in [1.29, 1.82) is 0 Å². The van der Waals surface area contributed by atoms with Crippen LogP contribution in [0.25, 0.3) is 0 Å². The van der Waals surface area contributed by atoms with E-state index in [1.807, 2.05) is 0 Å². The number of hydrogen-bond donors (Lipinski definition) is 2. The van der Waals surface area contributed by atoms with Gasteiger partial charge in [-0.25, -0.2) is 5.10 Å². The van der Waals surface area contributed by atoms with Crippen molar-refractivity contribution in [3.63, 3.8) is 0 Å². The quantitative estimate of drug-likeness (QED) is 0.811. The van der Waals surface area contributed by atoms with Crippen LogP contribution in [0.15, 0.2) is 11.3 Å². The number of carbonyl (C=O) groups excluding carboxylic acids is 1. The monoisotopic (exact) mass is 243 g/mol. The van der Waals surface area contributed by atoms with Crippen molar-refractivity contribution in [3.8, 4) is 0 Å². The van der Waals surface area contributed by atoms with Gasteiger partial charge in [0.05, 0.1) is 12.3 Å². The minimum Gasteiger partial charge on any atom is -0.294 e. The van der Waals surface area contributed by atoms with Gasteiger partial charge in [-0.2, -0.15) is 10.1 Å². The fourth-order valence-corrected chi connectivity index (χ4v) is 2.77. The Morgan fingerprint density at radius 2 is 2.67 bits per heavy atom. The fourth-order valence-electron chi connectivity index (χ4n) is 0.964. The van der Waals surface area contributed by atoms with E-state index in [-0.39, 0.29) is 5.91 Å². The Kier molecular flexibility index (Phi) is 3.62. The zero-order chi connectivity index (χ0) is 10.5. The molecule has 0 bridgehead atoms. The normalized spacial score (nSPS) is 15.1. The first kappa shape index (κ1) is 10.5. The van der Waals surface area contributed by atoms with Crippen LogP contribution in [-0.2, 0) is 4.79 Å². The predicted octanol–water partition coefficient (Wildman–Crippen LogP) is 0.579. The maximum absolute atomic E-state index is 11.4. The summed E-state index contributed by atoms with van der Waals surface area (Å²) in [5, 5.41) is 8.78. The lowest BCUT2D eigenvalue weighted by Gasteiger charge is -2.00. The number of thioether (sulfide) groups is 2. The number of amides is 1. The van der Waals surface area contributed by atoms with Gasteiger partial charge in [-0.3, -0.25) is 15.1 Å². The van der Waals surface area contributed by atoms with Gasteiger partial charge in [-0.1, -0.05) is 23.5 Å². The van der Waals surface area contributed by atoms with Gasteiger partial charge in [0.15, 0.2) is 0 Å². The Bertz CT molecular complexity index is 363. The molecule has 2 heterocycles. The van der Waals surface area contributed by atoms with Crippen LogP contribution in [0.1, 0.15) is 0 Å². The van der Waals surface area contributed by atoms with Crippen LogP contribution in [0.5, 0.6) is 0 Å². The van der Waals surface area contributed by atoms with Crippen LogP contribution >= 0.6 is 23.5 Å². The molecule has 1 amide bonds. The lowest BCUT2D eigenvalue weighted by atomic mass is 10.7. The molecule has 1 aliphatic rings. The molecule has 0 unspecified atom stereocenters. The molecule has 2 N–H and O–H groups in total. The van der Waals surface area contributed by atoms with Crippen LogP contribution < -0.4 is 5.32 Å². The summed E-state index contributed by atoms with van der Waals surface area (Å²) in [6.45, 7) is 0.858. The molecule has 1 aliphatic heterocycles. The van der Waals surface area contributed by atoms with Gasteiger partial charge in [0.1, 0.15) is 10.7 Å². The van der Waals surface area contributed by atoms with E-state index in [1.54, 1.807) is 11.8 Å². The van der Waals surface area contributed by atoms with E-state index >= 15 is 0 Å². The Hall–Kier alpha value is -1.02. The van der Waals surface area contributed by atoms with Gasteiger partial charge in [-0.05, 0) is 0 Å². The molecule has 0 spiro atoms. The molecular formula is C7H9N5OS2. The average Bonchev–Trinajstić information content (AvgIpc) is 2.86. The first-order valence-corrected chi connectivity index (χ1v) is 6.27. The smallest absolute Gasteiger partial charge is 0.237 e. The van der Waals surface area contributed by atoms with Crippen LogP contribution in [0.4, 0.5) is 5.95 Å². The highest BCUT2D eigenvalue weighted by Crippen LogP contribution is 2.21. The number of aliphatic imine (C=N–C) groups is 1. The molecule has 0 fully saturated rings. The second-order valence-corrected chi connectivity index (χ2v) is 4.97. The minimum atomic E-state index is -0.105. The largest absolute Gasteiger partial charge is 0.294 e. The maximum atomic E-state index is 11.4. The van der Waals surface area contributed by atoms with Crippen molar-refractivity contribution in [2.45, 2.75) is 0 Å². The number of rotatable bonds is 3. The minimum absolute atomic E-state index is 0.105. The SMILES string of the molecule is O=C(CSC1=NCCS1)Nc1ncn[nH]1. The number of carbonyl (C=O) groups is 1. The summed E-state index contributed by atoms with van der Waals surface area (Å²) < 4.78 is 0.989. The first-order chi connectivity index (χ1) is 7.34. The number of aromatic amines is 1. The lowest BCUT2D eigenvalue weighted by Crippen LogP contribution is -2.15. The molecule has 0 atom stereocenters. The van der Waals surface area contributed by atoms with Gasteiger partial charge in [0.25, 0.3) is 0 Å². The van der Waals surface area contributed by atoms with E-state index in [4.69, 9.17) is 0 Å². The molecule has 1 aromatic heterocycles. The number of aromatic nitrogens is 3. The highest BCUT2D eigenvalue weighted by molar-refractivity contribution is 8.39. The van der Waals surface area contributed by atoms with Crippen LogP contribution in [0.2, 0.25) is 0 Å². The highest BCUT2D eigenvalue weighted by Gasteiger charge is 2.11. The summed E-state index contributed by atoms with van der Waals surface area (Å²) in [5.41, 5.74) is 0. The van der Waals surface area contributed by atoms with Crippen LogP contribution in [0, 0.1) is 0 Å². The third kappa shape index (κ3) is 3.24. The van der Waals surface area contributed by atoms with Gasteiger partial charge in [0.2, 0.25) is 11.9 Å². The molecule has 0 saturated heterocycles. The van der Waals surface area contributed by atoms with E-state index in [9.17, 15) is 4.79 Å². The second-order valence-electron chi connectivity index (χ2n) is 2.67. The fraction of sp³-hybridized carbons (Fsp3) is 0.429. The van der Waals surface area contributed by atoms with E-state index < -0.39 is 0 Å². The number of hydrogen-bond acceptors (Lipinski definition) is 6. The molecule has 0 aliphatic carbocycles. The van der Waals surface area contributed by atoms with Crippen molar-refractivity contribution < 1.29 is 4.79 Å². The van der Waals surface area contributed by atoms with Gasteiger partial charge in [0, 0.05) is 5.75 Å². The van der Waals surface area contributed by atoms with Crippen molar-refractivity contribution in [2.24, 2.45) is 4.99 Å². The van der Waals surface area contributed by atoms with E-state index in [2.05, 4.69) is 25.5 Å². The third-order valence-electron chi connectivity index (χ3n) is 1.56. The van der Waals surface area contributed by atoms with Gasteiger partial charge in [-0.15, -0.1) is 0 Å². The summed E-state index contributed by atoms with van der Waals surface area (Å²) in [6, 6.07) is 0. The summed E-state index contributed by atoms with van der Waals surface area (Å²) in [6.07, 6.45) is 1.35. The first-order valence-electron chi connectivity index (χ1n) is 4.30. The van der Waals surface area contributed by atoms with Gasteiger partial charge < -0.3 is 0 Å². The summed E-state index contributed by atoms with van der Waals surface area (Å²) in [7, 11) is 0. The summed E-state index contributed by atoms with van der Waals surface area (Å²) >= 11 is 3.14. The lowest BCUT2D eigenvalue weighted by molar-refractivity contribution is -0.113. The molecule has 1 aromatic rings. The highest BCUT2D eigenvalue weighted by atomic mass is 32.2. The molecule has 0 saturated carbocycles. The summed E-state index contributed by atoms with van der Waals surface area (Å²) in [5.74, 6) is 1.65. The number of anilines is 1. The maximum Gasteiger partial charge on any atom is 0.237 e. The Balaban J connectivity index is 1.73. The van der Waals surface area contributed by atoms with Gasteiger partial charge >= 0.3 is 0 Å². The number of nitrogens with zero attached hydrogens (tertiary/aromatic N) is 3. The molecule has 80 valence electrons. The second kappa shape index (κ2) is 5.17. The molecule has 0 radical (unpaired) electrons. The Morgan fingerprint density at radius 1 is 1.73 bits per heavy atom. The molecule has 15 heavy (non-hydrogen) atoms.